The Morgan fingerprint density at radius 3 is 2.41 bits per heavy atom. The summed E-state index contributed by atoms with van der Waals surface area (Å²) in [5, 5.41) is 10.1. The first-order chi connectivity index (χ1) is 7.86. The Labute approximate surface area is 103 Å². The predicted octanol–water partition coefficient (Wildman–Crippen LogP) is 3.29. The molecule has 0 radical (unpaired) electrons. The van der Waals surface area contributed by atoms with Crippen LogP contribution in [-0.4, -0.2) is 10.9 Å². The van der Waals surface area contributed by atoms with Crippen LogP contribution in [-0.2, 0) is 0 Å². The van der Waals surface area contributed by atoms with Crippen molar-refractivity contribution in [2.45, 2.75) is 46.6 Å². The summed E-state index contributed by atoms with van der Waals surface area (Å²) in [5.41, 5.74) is 4.93. The lowest BCUT2D eigenvalue weighted by molar-refractivity contribution is 0.0789. The fraction of sp³-hybridized carbons (Fsp3) is 0.533. The number of carbonyl (C=O) groups is 1. The van der Waals surface area contributed by atoms with Crippen molar-refractivity contribution in [1.29, 1.82) is 0 Å². The van der Waals surface area contributed by atoms with Gasteiger partial charge in [0.15, 0.2) is 5.78 Å². The van der Waals surface area contributed by atoms with Crippen LogP contribution >= 0.6 is 0 Å². The van der Waals surface area contributed by atoms with Crippen LogP contribution in [0.2, 0.25) is 0 Å². The Bertz CT molecular complexity index is 486. The number of Topliss-reactive ketones (excluding diaryl/α,β-unsaturated/α-hetero) is 1. The van der Waals surface area contributed by atoms with E-state index < -0.39 is 6.10 Å². The molecule has 0 amide bonds. The molecular weight excluding hydrogens is 212 g/mol. The highest BCUT2D eigenvalue weighted by molar-refractivity contribution is 6.04. The van der Waals surface area contributed by atoms with E-state index in [9.17, 15) is 9.90 Å². The summed E-state index contributed by atoms with van der Waals surface area (Å²) in [6.45, 7) is 10.1. The normalized spacial score (nSPS) is 23.4. The lowest BCUT2D eigenvalue weighted by Gasteiger charge is -2.16. The molecule has 0 bridgehead atoms. The molecule has 0 spiro atoms. The third kappa shape index (κ3) is 1.62. The smallest absolute Gasteiger partial charge is 0.169 e. The van der Waals surface area contributed by atoms with E-state index in [1.54, 1.807) is 6.92 Å². The molecule has 0 aliphatic heterocycles. The number of benzene rings is 1. The SMILES string of the molecule is Cc1cc(C(C)C)c(C)c2c1[C@@H](O)[C@@H](C)C2=O. The average Bonchev–Trinajstić information content (AvgIpc) is 2.48. The summed E-state index contributed by atoms with van der Waals surface area (Å²) in [6.07, 6.45) is -0.627. The van der Waals surface area contributed by atoms with Gasteiger partial charge in [0, 0.05) is 11.5 Å². The van der Waals surface area contributed by atoms with Gasteiger partial charge in [0.1, 0.15) is 0 Å². The first kappa shape index (κ1) is 12.3. The number of aryl methyl sites for hydroxylation is 1. The van der Waals surface area contributed by atoms with Crippen molar-refractivity contribution in [1.82, 2.24) is 0 Å². The third-order valence-electron chi connectivity index (χ3n) is 3.93. The molecule has 1 aromatic carbocycles. The van der Waals surface area contributed by atoms with Gasteiger partial charge in [0.25, 0.3) is 0 Å². The number of hydrogen-bond donors (Lipinski definition) is 1. The maximum atomic E-state index is 12.2. The molecule has 0 aromatic heterocycles. The van der Waals surface area contributed by atoms with E-state index >= 15 is 0 Å². The van der Waals surface area contributed by atoms with Gasteiger partial charge in [0.05, 0.1) is 6.10 Å². The lowest BCUT2D eigenvalue weighted by atomic mass is 9.89. The van der Waals surface area contributed by atoms with E-state index in [0.29, 0.717) is 5.92 Å². The minimum atomic E-state index is -0.627. The van der Waals surface area contributed by atoms with E-state index in [1.807, 2.05) is 13.8 Å². The number of carbonyl (C=O) groups excluding carboxylic acids is 1. The van der Waals surface area contributed by atoms with Crippen LogP contribution in [0.4, 0.5) is 0 Å². The highest BCUT2D eigenvalue weighted by atomic mass is 16.3. The van der Waals surface area contributed by atoms with E-state index in [2.05, 4.69) is 19.9 Å². The Morgan fingerprint density at radius 1 is 1.29 bits per heavy atom. The van der Waals surface area contributed by atoms with E-state index in [4.69, 9.17) is 0 Å². The van der Waals surface area contributed by atoms with Crippen molar-refractivity contribution >= 4 is 5.78 Å². The van der Waals surface area contributed by atoms with Gasteiger partial charge < -0.3 is 5.11 Å². The summed E-state index contributed by atoms with van der Waals surface area (Å²) in [4.78, 5) is 12.2. The standard InChI is InChI=1S/C15H20O2/c1-7(2)11-6-8(3)12-13(9(11)4)15(17)10(5)14(12)16/h6-7,10,14,16H,1-5H3/t10-,14+/m1/s1. The summed E-state index contributed by atoms with van der Waals surface area (Å²) in [5.74, 6) is 0.195. The number of aliphatic hydroxyl groups excluding tert-OH is 1. The van der Waals surface area contributed by atoms with Crippen molar-refractivity contribution in [3.05, 3.63) is 33.9 Å². The lowest BCUT2D eigenvalue weighted by Crippen LogP contribution is -2.09. The second kappa shape index (κ2) is 3.95. The molecule has 1 aliphatic carbocycles. The topological polar surface area (TPSA) is 37.3 Å². The fourth-order valence-electron chi connectivity index (χ4n) is 2.88. The van der Waals surface area contributed by atoms with Gasteiger partial charge >= 0.3 is 0 Å². The minimum absolute atomic E-state index is 0.0931. The van der Waals surface area contributed by atoms with Crippen LogP contribution in [0.5, 0.6) is 0 Å². The second-order valence-corrected chi connectivity index (χ2v) is 5.45. The number of hydrogen-bond acceptors (Lipinski definition) is 2. The number of fused-ring (bicyclic) bond motifs is 1. The quantitative estimate of drug-likeness (QED) is 0.806. The van der Waals surface area contributed by atoms with E-state index in [1.165, 1.54) is 5.56 Å². The minimum Gasteiger partial charge on any atom is -0.388 e. The Balaban J connectivity index is 2.75. The van der Waals surface area contributed by atoms with Crippen LogP contribution < -0.4 is 0 Å². The van der Waals surface area contributed by atoms with Crippen LogP contribution in [0.1, 0.15) is 65.4 Å². The predicted molar refractivity (Wildman–Crippen MR) is 68.5 cm³/mol. The summed E-state index contributed by atoms with van der Waals surface area (Å²) in [7, 11) is 0. The Hall–Kier alpha value is -1.15. The first-order valence-corrected chi connectivity index (χ1v) is 6.22. The molecular formula is C15H20O2. The van der Waals surface area contributed by atoms with Crippen molar-refractivity contribution in [3.8, 4) is 0 Å². The molecule has 2 heteroatoms. The van der Waals surface area contributed by atoms with Crippen molar-refractivity contribution in [2.75, 3.05) is 0 Å². The molecule has 1 aromatic rings. The molecule has 0 fully saturated rings. The maximum Gasteiger partial charge on any atom is 0.169 e. The summed E-state index contributed by atoms with van der Waals surface area (Å²) in [6, 6.07) is 2.12. The zero-order valence-electron chi connectivity index (χ0n) is 11.2. The molecule has 17 heavy (non-hydrogen) atoms. The van der Waals surface area contributed by atoms with Gasteiger partial charge in [-0.15, -0.1) is 0 Å². The van der Waals surface area contributed by atoms with E-state index in [0.717, 1.165) is 22.3 Å². The summed E-state index contributed by atoms with van der Waals surface area (Å²) < 4.78 is 0. The second-order valence-electron chi connectivity index (χ2n) is 5.45. The van der Waals surface area contributed by atoms with Gasteiger partial charge in [-0.2, -0.15) is 0 Å². The van der Waals surface area contributed by atoms with Gasteiger partial charge in [-0.05, 0) is 42.0 Å². The zero-order chi connectivity index (χ0) is 12.9. The molecule has 92 valence electrons. The van der Waals surface area contributed by atoms with E-state index in [-0.39, 0.29) is 11.7 Å². The molecule has 2 nitrogen and oxygen atoms in total. The van der Waals surface area contributed by atoms with Crippen LogP contribution in [0.3, 0.4) is 0 Å². The average molecular weight is 232 g/mol. The molecule has 0 saturated heterocycles. The molecule has 0 heterocycles. The molecule has 0 unspecified atom stereocenters. The molecule has 0 saturated carbocycles. The molecule has 1 N–H and O–H groups in total. The monoisotopic (exact) mass is 232 g/mol. The summed E-state index contributed by atoms with van der Waals surface area (Å²) >= 11 is 0. The molecule has 2 rings (SSSR count). The van der Waals surface area contributed by atoms with Crippen LogP contribution in [0.25, 0.3) is 0 Å². The number of aliphatic hydroxyl groups is 1. The zero-order valence-corrected chi connectivity index (χ0v) is 11.2. The number of ketones is 1. The van der Waals surface area contributed by atoms with Crippen molar-refractivity contribution in [2.24, 2.45) is 5.92 Å². The van der Waals surface area contributed by atoms with Crippen LogP contribution in [0, 0.1) is 19.8 Å². The Kier molecular flexibility index (Phi) is 2.86. The maximum absolute atomic E-state index is 12.2. The first-order valence-electron chi connectivity index (χ1n) is 6.22. The fourth-order valence-corrected chi connectivity index (χ4v) is 2.88. The third-order valence-corrected chi connectivity index (χ3v) is 3.93. The van der Waals surface area contributed by atoms with Gasteiger partial charge in [-0.1, -0.05) is 26.8 Å². The van der Waals surface area contributed by atoms with Crippen LogP contribution in [0.15, 0.2) is 6.07 Å². The van der Waals surface area contributed by atoms with Gasteiger partial charge in [-0.3, -0.25) is 4.79 Å². The van der Waals surface area contributed by atoms with Gasteiger partial charge in [-0.25, -0.2) is 0 Å². The van der Waals surface area contributed by atoms with Gasteiger partial charge in [0.2, 0.25) is 0 Å². The molecule has 2 atom stereocenters. The largest absolute Gasteiger partial charge is 0.388 e. The molecule has 1 aliphatic rings. The van der Waals surface area contributed by atoms with Crippen molar-refractivity contribution in [3.63, 3.8) is 0 Å². The highest BCUT2D eigenvalue weighted by Gasteiger charge is 2.38. The highest BCUT2D eigenvalue weighted by Crippen LogP contribution is 2.41. The number of rotatable bonds is 1. The van der Waals surface area contributed by atoms with Crippen molar-refractivity contribution < 1.29 is 9.90 Å². The Morgan fingerprint density at radius 2 is 1.88 bits per heavy atom.